The van der Waals surface area contributed by atoms with Crippen LogP contribution < -0.4 is 10.6 Å². The van der Waals surface area contributed by atoms with Crippen molar-refractivity contribution in [1.82, 2.24) is 10.6 Å². The van der Waals surface area contributed by atoms with Crippen LogP contribution in [0, 0.1) is 10.8 Å². The number of ether oxygens (including phenoxy) is 3. The zero-order valence-corrected chi connectivity index (χ0v) is 23.4. The summed E-state index contributed by atoms with van der Waals surface area (Å²) >= 11 is 0. The summed E-state index contributed by atoms with van der Waals surface area (Å²) in [6.07, 6.45) is 5.63. The van der Waals surface area contributed by atoms with Crippen LogP contribution in [0.3, 0.4) is 0 Å². The van der Waals surface area contributed by atoms with Crippen LogP contribution in [0.4, 0.5) is 0 Å². The maximum absolute atomic E-state index is 5.90. The molecule has 0 aliphatic heterocycles. The van der Waals surface area contributed by atoms with E-state index in [1.165, 1.54) is 6.42 Å². The van der Waals surface area contributed by atoms with Gasteiger partial charge in [0.15, 0.2) is 0 Å². The zero-order valence-electron chi connectivity index (χ0n) is 23.4. The minimum Gasteiger partial charge on any atom is -0.380 e. The average molecular weight is 459 g/mol. The van der Waals surface area contributed by atoms with Crippen LogP contribution in [0.15, 0.2) is 0 Å². The van der Waals surface area contributed by atoms with Gasteiger partial charge < -0.3 is 24.8 Å². The van der Waals surface area contributed by atoms with Gasteiger partial charge in [0.25, 0.3) is 0 Å². The second kappa shape index (κ2) is 15.7. The van der Waals surface area contributed by atoms with E-state index >= 15 is 0 Å². The molecule has 0 aliphatic carbocycles. The van der Waals surface area contributed by atoms with E-state index < -0.39 is 0 Å². The highest BCUT2D eigenvalue weighted by Crippen LogP contribution is 2.26. The quantitative estimate of drug-likeness (QED) is 0.239. The molecule has 2 N–H and O–H groups in total. The first-order valence-electron chi connectivity index (χ1n) is 12.9. The molecule has 194 valence electrons. The largest absolute Gasteiger partial charge is 0.380 e. The van der Waals surface area contributed by atoms with Crippen LogP contribution in [0.5, 0.6) is 0 Å². The molecule has 0 radical (unpaired) electrons. The van der Waals surface area contributed by atoms with Crippen LogP contribution in [-0.4, -0.2) is 63.8 Å². The second-order valence-corrected chi connectivity index (χ2v) is 12.9. The first-order chi connectivity index (χ1) is 14.6. The molecule has 5 nitrogen and oxygen atoms in total. The van der Waals surface area contributed by atoms with Gasteiger partial charge >= 0.3 is 0 Å². The molecule has 0 spiro atoms. The molecule has 0 saturated carbocycles. The molecular weight excluding hydrogens is 400 g/mol. The van der Waals surface area contributed by atoms with Gasteiger partial charge in [-0.05, 0) is 84.1 Å². The van der Waals surface area contributed by atoms with E-state index in [-0.39, 0.29) is 16.5 Å². The Balaban J connectivity index is 3.74. The minimum absolute atomic E-state index is 0.107. The van der Waals surface area contributed by atoms with Gasteiger partial charge in [-0.25, -0.2) is 0 Å². The third-order valence-electron chi connectivity index (χ3n) is 5.48. The van der Waals surface area contributed by atoms with Crippen LogP contribution in [-0.2, 0) is 14.2 Å². The van der Waals surface area contributed by atoms with E-state index in [1.54, 1.807) is 0 Å². The van der Waals surface area contributed by atoms with E-state index in [0.29, 0.717) is 18.6 Å². The summed E-state index contributed by atoms with van der Waals surface area (Å²) in [4.78, 5) is 0. The van der Waals surface area contributed by atoms with Gasteiger partial charge in [-0.3, -0.25) is 0 Å². The van der Waals surface area contributed by atoms with Crippen molar-refractivity contribution in [2.24, 2.45) is 10.8 Å². The maximum atomic E-state index is 5.90. The fourth-order valence-electron chi connectivity index (χ4n) is 3.29. The molecule has 0 fully saturated rings. The molecule has 0 aromatic rings. The number of hydrogen-bond acceptors (Lipinski definition) is 5. The molecule has 0 rings (SSSR count). The average Bonchev–Trinajstić information content (AvgIpc) is 2.63. The Kier molecular flexibility index (Phi) is 15.6. The summed E-state index contributed by atoms with van der Waals surface area (Å²) in [6, 6.07) is 0. The molecule has 32 heavy (non-hydrogen) atoms. The Hall–Kier alpha value is -0.200. The standard InChI is InChI=1S/C27H58N2O3/c1-24(2,3)13-11-18-30-20-17-29-27(9,10)15-14-26(7,8)23-32-22-21-31-19-12-16-28-25(4,5)6/h28-29H,11-23H2,1-10H3. The second-order valence-electron chi connectivity index (χ2n) is 12.9. The summed E-state index contributed by atoms with van der Waals surface area (Å²) < 4.78 is 17.4. The predicted octanol–water partition coefficient (Wildman–Crippen LogP) is 5.82. The first-order valence-corrected chi connectivity index (χ1v) is 12.9. The Morgan fingerprint density at radius 1 is 0.531 bits per heavy atom. The topological polar surface area (TPSA) is 51.8 Å². The van der Waals surface area contributed by atoms with Gasteiger partial charge in [-0.2, -0.15) is 0 Å². The van der Waals surface area contributed by atoms with Gasteiger partial charge in [-0.15, -0.1) is 0 Å². The summed E-state index contributed by atoms with van der Waals surface area (Å²) in [5, 5.41) is 7.13. The Morgan fingerprint density at radius 3 is 1.75 bits per heavy atom. The fraction of sp³-hybridized carbons (Fsp3) is 1.00. The zero-order chi connectivity index (χ0) is 24.7. The van der Waals surface area contributed by atoms with Gasteiger partial charge in [0, 0.05) is 30.8 Å². The van der Waals surface area contributed by atoms with E-state index in [0.717, 1.165) is 65.2 Å². The van der Waals surface area contributed by atoms with Gasteiger partial charge in [0.1, 0.15) is 0 Å². The van der Waals surface area contributed by atoms with Gasteiger partial charge in [0.2, 0.25) is 0 Å². The number of hydrogen-bond donors (Lipinski definition) is 2. The molecule has 0 amide bonds. The lowest BCUT2D eigenvalue weighted by Crippen LogP contribution is -2.42. The highest BCUT2D eigenvalue weighted by molar-refractivity contribution is 4.81. The minimum atomic E-state index is 0.107. The molecule has 0 saturated heterocycles. The van der Waals surface area contributed by atoms with Crippen molar-refractivity contribution in [3.8, 4) is 0 Å². The van der Waals surface area contributed by atoms with E-state index in [2.05, 4.69) is 79.9 Å². The highest BCUT2D eigenvalue weighted by Gasteiger charge is 2.24. The van der Waals surface area contributed by atoms with Crippen molar-refractivity contribution in [3.63, 3.8) is 0 Å². The predicted molar refractivity (Wildman–Crippen MR) is 139 cm³/mol. The van der Waals surface area contributed by atoms with Gasteiger partial charge in [0.05, 0.1) is 26.4 Å². The van der Waals surface area contributed by atoms with Crippen LogP contribution in [0.1, 0.15) is 101 Å². The summed E-state index contributed by atoms with van der Waals surface area (Å²) in [7, 11) is 0. The van der Waals surface area contributed by atoms with E-state index in [1.807, 2.05) is 0 Å². The molecule has 5 heteroatoms. The normalized spacial score (nSPS) is 13.7. The van der Waals surface area contributed by atoms with Crippen LogP contribution in [0.25, 0.3) is 0 Å². The smallest absolute Gasteiger partial charge is 0.0700 e. The lowest BCUT2D eigenvalue weighted by atomic mass is 9.83. The summed E-state index contributed by atoms with van der Waals surface area (Å²) in [5.41, 5.74) is 0.852. The third kappa shape index (κ3) is 23.0. The molecule has 0 aliphatic rings. The van der Waals surface area contributed by atoms with E-state index in [4.69, 9.17) is 14.2 Å². The van der Waals surface area contributed by atoms with E-state index in [9.17, 15) is 0 Å². The number of rotatable bonds is 19. The van der Waals surface area contributed by atoms with Crippen molar-refractivity contribution >= 4 is 0 Å². The van der Waals surface area contributed by atoms with Crippen molar-refractivity contribution in [1.29, 1.82) is 0 Å². The van der Waals surface area contributed by atoms with Crippen LogP contribution >= 0.6 is 0 Å². The van der Waals surface area contributed by atoms with Gasteiger partial charge in [-0.1, -0.05) is 34.6 Å². The number of nitrogens with one attached hydrogen (secondary N) is 2. The highest BCUT2D eigenvalue weighted by atomic mass is 16.5. The monoisotopic (exact) mass is 458 g/mol. The molecule has 0 bridgehead atoms. The van der Waals surface area contributed by atoms with Crippen molar-refractivity contribution in [2.75, 3.05) is 52.7 Å². The third-order valence-corrected chi connectivity index (χ3v) is 5.48. The molecule has 0 unspecified atom stereocenters. The van der Waals surface area contributed by atoms with Crippen molar-refractivity contribution < 1.29 is 14.2 Å². The van der Waals surface area contributed by atoms with Crippen LogP contribution in [0.2, 0.25) is 0 Å². The summed E-state index contributed by atoms with van der Waals surface area (Å²) in [6.45, 7) is 29.0. The molecule has 0 heterocycles. The first kappa shape index (κ1) is 31.8. The molecular formula is C27H58N2O3. The Labute approximate surface area is 201 Å². The molecule has 0 atom stereocenters. The van der Waals surface area contributed by atoms with Crippen molar-refractivity contribution in [2.45, 2.75) is 112 Å². The Morgan fingerprint density at radius 2 is 1.12 bits per heavy atom. The fourth-order valence-corrected chi connectivity index (χ4v) is 3.29. The van der Waals surface area contributed by atoms with Crippen molar-refractivity contribution in [3.05, 3.63) is 0 Å². The summed E-state index contributed by atoms with van der Waals surface area (Å²) in [5.74, 6) is 0. The molecule has 0 aromatic carbocycles. The SMILES string of the molecule is CC(C)(C)CCCOCCNC(C)(C)CCC(C)(C)COCCOCCCNC(C)(C)C. The Bertz CT molecular complexity index is 451. The maximum Gasteiger partial charge on any atom is 0.0700 e. The lowest BCUT2D eigenvalue weighted by Gasteiger charge is -2.32. The molecule has 0 aromatic heterocycles. The lowest BCUT2D eigenvalue weighted by molar-refractivity contribution is 0.00965.